The number of nitrogens with two attached hydrogens (primary N) is 1. The van der Waals surface area contributed by atoms with Crippen LogP contribution in [0.3, 0.4) is 0 Å². The molecule has 4 rings (SSSR count). The Labute approximate surface area is 172 Å². The van der Waals surface area contributed by atoms with Gasteiger partial charge < -0.3 is 10.6 Å². The third-order valence-corrected chi connectivity index (χ3v) is 5.55. The molecule has 1 saturated heterocycles. The molecule has 0 atom stereocenters. The summed E-state index contributed by atoms with van der Waals surface area (Å²) in [6, 6.07) is 11.9. The average molecular weight is 409 g/mol. The lowest BCUT2D eigenvalue weighted by molar-refractivity contribution is -0.131. The van der Waals surface area contributed by atoms with Gasteiger partial charge in [0.05, 0.1) is 23.2 Å². The molecule has 0 saturated carbocycles. The minimum atomic E-state index is -0.603. The lowest BCUT2D eigenvalue weighted by Gasteiger charge is -2.32. The van der Waals surface area contributed by atoms with Crippen molar-refractivity contribution in [2.45, 2.75) is 25.2 Å². The van der Waals surface area contributed by atoms with E-state index in [1.54, 1.807) is 29.2 Å². The first-order valence-electron chi connectivity index (χ1n) is 9.83. The maximum absolute atomic E-state index is 13.5. The van der Waals surface area contributed by atoms with Crippen LogP contribution in [-0.4, -0.2) is 34.8 Å². The molecule has 3 aromatic rings. The van der Waals surface area contributed by atoms with E-state index in [9.17, 15) is 18.4 Å². The van der Waals surface area contributed by atoms with Gasteiger partial charge >= 0.3 is 0 Å². The zero-order valence-corrected chi connectivity index (χ0v) is 16.3. The Morgan fingerprint density at radius 3 is 2.47 bits per heavy atom. The van der Waals surface area contributed by atoms with Crippen molar-refractivity contribution >= 4 is 22.7 Å². The molecule has 0 bridgehead atoms. The van der Waals surface area contributed by atoms with Gasteiger partial charge in [0.2, 0.25) is 5.91 Å². The number of benzene rings is 2. The first-order valence-corrected chi connectivity index (χ1v) is 9.83. The molecule has 154 valence electrons. The highest BCUT2D eigenvalue weighted by Gasteiger charge is 2.27. The van der Waals surface area contributed by atoms with Crippen LogP contribution < -0.4 is 5.73 Å². The fourth-order valence-corrected chi connectivity index (χ4v) is 4.01. The molecule has 0 spiro atoms. The van der Waals surface area contributed by atoms with Crippen LogP contribution in [0.2, 0.25) is 0 Å². The van der Waals surface area contributed by atoms with Crippen LogP contribution in [0.5, 0.6) is 0 Å². The van der Waals surface area contributed by atoms with Crippen LogP contribution in [0.25, 0.3) is 10.9 Å². The molecular formula is C23H21F2N3O2. The number of halogens is 2. The molecule has 1 aliphatic heterocycles. The van der Waals surface area contributed by atoms with Gasteiger partial charge in [-0.3, -0.25) is 14.6 Å². The highest BCUT2D eigenvalue weighted by Crippen LogP contribution is 2.31. The number of hydrogen-bond donors (Lipinski definition) is 1. The third kappa shape index (κ3) is 4.15. The maximum atomic E-state index is 13.5. The Bertz CT molecular complexity index is 1120. The summed E-state index contributed by atoms with van der Waals surface area (Å²) < 4.78 is 26.9. The summed E-state index contributed by atoms with van der Waals surface area (Å²) in [6.07, 6.45) is 1.42. The standard InChI is InChI=1S/C23H21F2N3O2/c24-17-3-1-2-14(10-17)11-21(29)28-8-6-15(7-9-28)22-19(23(26)30)13-16-12-18(25)4-5-20(16)27-22/h1-5,10,12-13,15H,6-9,11H2,(H2,26,30). The van der Waals surface area contributed by atoms with Crippen molar-refractivity contribution in [2.24, 2.45) is 5.73 Å². The lowest BCUT2D eigenvalue weighted by atomic mass is 9.89. The van der Waals surface area contributed by atoms with E-state index in [4.69, 9.17) is 5.73 Å². The summed E-state index contributed by atoms with van der Waals surface area (Å²) >= 11 is 0. The van der Waals surface area contributed by atoms with E-state index in [-0.39, 0.29) is 29.6 Å². The van der Waals surface area contributed by atoms with Gasteiger partial charge in [-0.1, -0.05) is 12.1 Å². The number of pyridine rings is 1. The molecule has 0 radical (unpaired) electrons. The Balaban J connectivity index is 1.50. The molecular weight excluding hydrogens is 388 g/mol. The number of primary amides is 1. The predicted molar refractivity (Wildman–Crippen MR) is 109 cm³/mol. The molecule has 2 heterocycles. The van der Waals surface area contributed by atoms with E-state index in [2.05, 4.69) is 4.98 Å². The second-order valence-corrected chi connectivity index (χ2v) is 7.58. The van der Waals surface area contributed by atoms with E-state index in [0.717, 1.165) is 0 Å². The number of likely N-dealkylation sites (tertiary alicyclic amines) is 1. The highest BCUT2D eigenvalue weighted by atomic mass is 19.1. The normalized spacial score (nSPS) is 14.8. The van der Waals surface area contributed by atoms with Gasteiger partial charge in [0, 0.05) is 24.4 Å². The van der Waals surface area contributed by atoms with Crippen molar-refractivity contribution < 1.29 is 18.4 Å². The van der Waals surface area contributed by atoms with Crippen molar-refractivity contribution in [1.82, 2.24) is 9.88 Å². The highest BCUT2D eigenvalue weighted by molar-refractivity contribution is 5.97. The number of carbonyl (C=O) groups excluding carboxylic acids is 2. The van der Waals surface area contributed by atoms with Crippen molar-refractivity contribution in [3.8, 4) is 0 Å². The van der Waals surface area contributed by atoms with Gasteiger partial charge in [0.1, 0.15) is 11.6 Å². The second kappa shape index (κ2) is 8.18. The van der Waals surface area contributed by atoms with Crippen LogP contribution in [0, 0.1) is 11.6 Å². The smallest absolute Gasteiger partial charge is 0.250 e. The van der Waals surface area contributed by atoms with Crippen LogP contribution in [0.4, 0.5) is 8.78 Å². The fourth-order valence-electron chi connectivity index (χ4n) is 4.01. The largest absolute Gasteiger partial charge is 0.366 e. The molecule has 2 aromatic carbocycles. The first-order chi connectivity index (χ1) is 14.4. The van der Waals surface area contributed by atoms with E-state index in [0.29, 0.717) is 48.1 Å². The van der Waals surface area contributed by atoms with E-state index in [1.165, 1.54) is 24.3 Å². The summed E-state index contributed by atoms with van der Waals surface area (Å²) in [7, 11) is 0. The van der Waals surface area contributed by atoms with Crippen LogP contribution in [0.1, 0.15) is 40.4 Å². The number of fused-ring (bicyclic) bond motifs is 1. The van der Waals surface area contributed by atoms with Crippen molar-refractivity contribution in [3.05, 3.63) is 77.0 Å². The maximum Gasteiger partial charge on any atom is 0.250 e. The minimum absolute atomic E-state index is 0.0276. The molecule has 1 fully saturated rings. The average Bonchev–Trinajstić information content (AvgIpc) is 2.73. The van der Waals surface area contributed by atoms with E-state index >= 15 is 0 Å². The molecule has 1 aromatic heterocycles. The van der Waals surface area contributed by atoms with Crippen LogP contribution in [-0.2, 0) is 11.2 Å². The summed E-state index contributed by atoms with van der Waals surface area (Å²) in [6.45, 7) is 1.03. The van der Waals surface area contributed by atoms with E-state index in [1.807, 2.05) is 0 Å². The Morgan fingerprint density at radius 2 is 1.77 bits per heavy atom. The molecule has 5 nitrogen and oxygen atoms in total. The molecule has 2 amide bonds. The van der Waals surface area contributed by atoms with Crippen molar-refractivity contribution in [1.29, 1.82) is 0 Å². The monoisotopic (exact) mass is 409 g/mol. The number of carbonyl (C=O) groups is 2. The quantitative estimate of drug-likeness (QED) is 0.716. The molecule has 1 aliphatic rings. The number of piperidine rings is 1. The van der Waals surface area contributed by atoms with E-state index < -0.39 is 11.7 Å². The van der Waals surface area contributed by atoms with Gasteiger partial charge in [-0.15, -0.1) is 0 Å². The topological polar surface area (TPSA) is 76.3 Å². The molecule has 0 aliphatic carbocycles. The van der Waals surface area contributed by atoms with Gasteiger partial charge in [-0.05, 0) is 54.8 Å². The Hall–Kier alpha value is -3.35. The summed E-state index contributed by atoms with van der Waals surface area (Å²) in [4.78, 5) is 30.9. The van der Waals surface area contributed by atoms with Crippen LogP contribution in [0.15, 0.2) is 48.5 Å². The number of nitrogens with zero attached hydrogens (tertiary/aromatic N) is 2. The third-order valence-electron chi connectivity index (χ3n) is 5.55. The molecule has 2 N–H and O–H groups in total. The second-order valence-electron chi connectivity index (χ2n) is 7.58. The number of amides is 2. The summed E-state index contributed by atoms with van der Waals surface area (Å²) in [5.41, 5.74) is 7.68. The lowest BCUT2D eigenvalue weighted by Crippen LogP contribution is -2.39. The zero-order valence-electron chi connectivity index (χ0n) is 16.3. The molecule has 7 heteroatoms. The summed E-state index contributed by atoms with van der Waals surface area (Å²) in [5.74, 6) is -1.46. The SMILES string of the molecule is NC(=O)c1cc2cc(F)ccc2nc1C1CCN(C(=O)Cc2cccc(F)c2)CC1. The van der Waals surface area contributed by atoms with Gasteiger partial charge in [0.15, 0.2) is 0 Å². The fraction of sp³-hybridized carbons (Fsp3) is 0.261. The Morgan fingerprint density at radius 1 is 1.03 bits per heavy atom. The van der Waals surface area contributed by atoms with Crippen LogP contribution >= 0.6 is 0 Å². The van der Waals surface area contributed by atoms with Gasteiger partial charge in [0.25, 0.3) is 5.91 Å². The number of hydrogen-bond acceptors (Lipinski definition) is 3. The minimum Gasteiger partial charge on any atom is -0.366 e. The first kappa shape index (κ1) is 19.9. The summed E-state index contributed by atoms with van der Waals surface area (Å²) in [5, 5.41) is 0.523. The van der Waals surface area contributed by atoms with Crippen molar-refractivity contribution in [3.63, 3.8) is 0 Å². The molecule has 30 heavy (non-hydrogen) atoms. The predicted octanol–water partition coefficient (Wildman–Crippen LogP) is 3.56. The molecule has 0 unspecified atom stereocenters. The number of rotatable bonds is 4. The van der Waals surface area contributed by atoms with Gasteiger partial charge in [-0.25, -0.2) is 8.78 Å². The van der Waals surface area contributed by atoms with Crippen molar-refractivity contribution in [2.75, 3.05) is 13.1 Å². The number of aromatic nitrogens is 1. The zero-order chi connectivity index (χ0) is 21.3. The Kier molecular flexibility index (Phi) is 5.44. The van der Waals surface area contributed by atoms with Gasteiger partial charge in [-0.2, -0.15) is 0 Å².